The van der Waals surface area contributed by atoms with Crippen LogP contribution in [-0.4, -0.2) is 45.5 Å². The van der Waals surface area contributed by atoms with Crippen molar-refractivity contribution in [2.75, 3.05) is 11.9 Å². The molecule has 0 fully saturated rings. The Morgan fingerprint density at radius 3 is 2.31 bits per heavy atom. The molecule has 0 aliphatic heterocycles. The Morgan fingerprint density at radius 1 is 1.09 bits per heavy atom. The van der Waals surface area contributed by atoms with E-state index in [0.717, 1.165) is 22.3 Å². The van der Waals surface area contributed by atoms with Gasteiger partial charge in [0.05, 0.1) is 11.9 Å². The minimum Gasteiger partial charge on any atom is -0.480 e. The van der Waals surface area contributed by atoms with Gasteiger partial charge in [-0.1, -0.05) is 68.8 Å². The molecule has 1 aliphatic carbocycles. The molecule has 0 radical (unpaired) electrons. The summed E-state index contributed by atoms with van der Waals surface area (Å²) in [5.74, 6) is -1.81. The molecule has 1 aliphatic rings. The fourth-order valence-corrected chi connectivity index (χ4v) is 4.32. The van der Waals surface area contributed by atoms with Gasteiger partial charge >= 0.3 is 12.1 Å². The summed E-state index contributed by atoms with van der Waals surface area (Å²) in [6.07, 6.45) is 2.88. The maximum absolute atomic E-state index is 12.4. The first-order chi connectivity index (χ1) is 16.9. The molecule has 2 aromatic carbocycles. The van der Waals surface area contributed by atoms with E-state index in [4.69, 9.17) is 4.74 Å². The molecule has 9 nitrogen and oxygen atoms in total. The summed E-state index contributed by atoms with van der Waals surface area (Å²) < 4.78 is 6.84. The van der Waals surface area contributed by atoms with E-state index in [2.05, 4.69) is 27.9 Å². The van der Waals surface area contributed by atoms with Gasteiger partial charge in [-0.3, -0.25) is 14.8 Å². The zero-order valence-corrected chi connectivity index (χ0v) is 19.6. The molecule has 35 heavy (non-hydrogen) atoms. The van der Waals surface area contributed by atoms with Gasteiger partial charge in [0, 0.05) is 12.1 Å². The number of benzene rings is 2. The second kappa shape index (κ2) is 10.4. The van der Waals surface area contributed by atoms with E-state index >= 15 is 0 Å². The molecule has 0 spiro atoms. The Balaban J connectivity index is 1.32. The van der Waals surface area contributed by atoms with Gasteiger partial charge in [-0.2, -0.15) is 5.10 Å². The van der Waals surface area contributed by atoms with Gasteiger partial charge in [0.1, 0.15) is 19.2 Å². The standard InChI is InChI=1S/C26H28N4O5/c1-3-16(2)24(25(32)33)29-23(31)14-30-13-17(12-27-30)28-26(34)35-15-22-20-10-6-4-8-18(20)19-9-5-7-11-21(19)22/h4-13,16,22,24H,3,14-15H2,1-2H3,(H,28,34)(H,29,31)(H,32,33)/t16-,24-/m0/s1. The number of amides is 2. The Kier molecular flexibility index (Phi) is 7.14. The van der Waals surface area contributed by atoms with E-state index in [-0.39, 0.29) is 25.0 Å². The predicted molar refractivity (Wildman–Crippen MR) is 130 cm³/mol. The number of rotatable bonds is 9. The lowest BCUT2D eigenvalue weighted by Crippen LogP contribution is -2.46. The SMILES string of the molecule is CC[C@H](C)[C@H](NC(=O)Cn1cc(NC(=O)OCC2c3ccccc3-c3ccccc32)cn1)C(=O)O. The maximum atomic E-state index is 12.4. The highest BCUT2D eigenvalue weighted by Gasteiger charge is 2.29. The Morgan fingerprint density at radius 2 is 1.71 bits per heavy atom. The molecule has 0 unspecified atom stereocenters. The number of carboxylic acid groups (broad SMARTS) is 1. The molecule has 182 valence electrons. The van der Waals surface area contributed by atoms with Gasteiger partial charge in [0.25, 0.3) is 0 Å². The van der Waals surface area contributed by atoms with Crippen molar-refractivity contribution in [1.29, 1.82) is 0 Å². The normalized spacial score (nSPS) is 13.9. The van der Waals surface area contributed by atoms with Crippen LogP contribution in [-0.2, 0) is 20.9 Å². The first kappa shape index (κ1) is 24.0. The number of carbonyl (C=O) groups is 3. The quantitative estimate of drug-likeness (QED) is 0.431. The number of hydrogen-bond donors (Lipinski definition) is 3. The van der Waals surface area contributed by atoms with Gasteiger partial charge in [-0.25, -0.2) is 9.59 Å². The molecule has 0 saturated heterocycles. The van der Waals surface area contributed by atoms with Crippen molar-refractivity contribution >= 4 is 23.7 Å². The van der Waals surface area contributed by atoms with Crippen molar-refractivity contribution in [2.24, 2.45) is 5.92 Å². The molecule has 1 heterocycles. The zero-order chi connectivity index (χ0) is 24.9. The van der Waals surface area contributed by atoms with E-state index in [9.17, 15) is 19.5 Å². The summed E-state index contributed by atoms with van der Waals surface area (Å²) >= 11 is 0. The third-order valence-electron chi connectivity index (χ3n) is 6.32. The van der Waals surface area contributed by atoms with E-state index in [1.807, 2.05) is 43.3 Å². The smallest absolute Gasteiger partial charge is 0.411 e. The predicted octanol–water partition coefficient (Wildman–Crippen LogP) is 3.86. The topological polar surface area (TPSA) is 123 Å². The number of fused-ring (bicyclic) bond motifs is 3. The third kappa shape index (κ3) is 5.34. The van der Waals surface area contributed by atoms with Gasteiger partial charge in [0.15, 0.2) is 0 Å². The van der Waals surface area contributed by atoms with Crippen LogP contribution in [0.25, 0.3) is 11.1 Å². The fourth-order valence-electron chi connectivity index (χ4n) is 4.32. The van der Waals surface area contributed by atoms with Crippen LogP contribution in [0.2, 0.25) is 0 Å². The fraction of sp³-hybridized carbons (Fsp3) is 0.308. The first-order valence-electron chi connectivity index (χ1n) is 11.5. The largest absolute Gasteiger partial charge is 0.480 e. The van der Waals surface area contributed by atoms with E-state index in [1.165, 1.54) is 17.1 Å². The summed E-state index contributed by atoms with van der Waals surface area (Å²) in [6.45, 7) is 3.64. The molecule has 9 heteroatoms. The number of ether oxygens (including phenoxy) is 1. The number of anilines is 1. The average molecular weight is 477 g/mol. The average Bonchev–Trinajstić information content (AvgIpc) is 3.42. The summed E-state index contributed by atoms with van der Waals surface area (Å²) in [7, 11) is 0. The Labute approximate surface area is 203 Å². The molecular weight excluding hydrogens is 448 g/mol. The van der Waals surface area contributed by atoms with Gasteiger partial charge in [-0.05, 0) is 28.2 Å². The highest BCUT2D eigenvalue weighted by Crippen LogP contribution is 2.44. The first-order valence-corrected chi connectivity index (χ1v) is 11.5. The van der Waals surface area contributed by atoms with Crippen LogP contribution in [0.15, 0.2) is 60.9 Å². The van der Waals surface area contributed by atoms with Gasteiger partial charge in [0.2, 0.25) is 5.91 Å². The second-order valence-corrected chi connectivity index (χ2v) is 8.65. The summed E-state index contributed by atoms with van der Waals surface area (Å²) in [6, 6.07) is 15.2. The third-order valence-corrected chi connectivity index (χ3v) is 6.32. The number of nitrogens with zero attached hydrogens (tertiary/aromatic N) is 2. The zero-order valence-electron chi connectivity index (χ0n) is 19.6. The van der Waals surface area contributed by atoms with Crippen molar-refractivity contribution in [3.8, 4) is 11.1 Å². The van der Waals surface area contributed by atoms with Crippen LogP contribution in [0.3, 0.4) is 0 Å². The van der Waals surface area contributed by atoms with Gasteiger partial charge < -0.3 is 15.2 Å². The van der Waals surface area contributed by atoms with Crippen molar-refractivity contribution in [1.82, 2.24) is 15.1 Å². The van der Waals surface area contributed by atoms with Crippen molar-refractivity contribution in [3.05, 3.63) is 72.1 Å². The summed E-state index contributed by atoms with van der Waals surface area (Å²) in [4.78, 5) is 36.1. The molecular formula is C26H28N4O5. The lowest BCUT2D eigenvalue weighted by molar-refractivity contribution is -0.143. The molecule has 0 saturated carbocycles. The molecule has 3 N–H and O–H groups in total. The monoisotopic (exact) mass is 476 g/mol. The molecule has 2 amide bonds. The highest BCUT2D eigenvalue weighted by molar-refractivity contribution is 5.85. The van der Waals surface area contributed by atoms with Crippen molar-refractivity contribution in [2.45, 2.75) is 38.8 Å². The Bertz CT molecular complexity index is 1190. The van der Waals surface area contributed by atoms with Crippen LogP contribution in [0.5, 0.6) is 0 Å². The van der Waals surface area contributed by atoms with Crippen molar-refractivity contribution < 1.29 is 24.2 Å². The number of aliphatic carboxylic acids is 1. The van der Waals surface area contributed by atoms with Gasteiger partial charge in [-0.15, -0.1) is 0 Å². The lowest BCUT2D eigenvalue weighted by Gasteiger charge is -2.20. The minimum absolute atomic E-state index is 0.0488. The number of hydrogen-bond acceptors (Lipinski definition) is 5. The maximum Gasteiger partial charge on any atom is 0.411 e. The van der Waals surface area contributed by atoms with Crippen LogP contribution >= 0.6 is 0 Å². The number of carbonyl (C=O) groups excluding carboxylic acids is 2. The molecule has 2 atom stereocenters. The molecule has 4 rings (SSSR count). The summed E-state index contributed by atoms with van der Waals surface area (Å²) in [5, 5.41) is 18.5. The molecule has 1 aromatic heterocycles. The highest BCUT2D eigenvalue weighted by atomic mass is 16.5. The van der Waals surface area contributed by atoms with Crippen LogP contribution in [0.4, 0.5) is 10.5 Å². The lowest BCUT2D eigenvalue weighted by atomic mass is 9.98. The second-order valence-electron chi connectivity index (χ2n) is 8.65. The molecule has 0 bridgehead atoms. The molecule has 3 aromatic rings. The van der Waals surface area contributed by atoms with E-state index in [0.29, 0.717) is 12.1 Å². The van der Waals surface area contributed by atoms with E-state index in [1.54, 1.807) is 6.92 Å². The Hall–Kier alpha value is -4.14. The number of nitrogens with one attached hydrogen (secondary N) is 2. The van der Waals surface area contributed by atoms with Crippen LogP contribution in [0, 0.1) is 5.92 Å². The summed E-state index contributed by atoms with van der Waals surface area (Å²) in [5.41, 5.74) is 4.91. The van der Waals surface area contributed by atoms with Crippen LogP contribution in [0.1, 0.15) is 37.3 Å². The number of carboxylic acids is 1. The van der Waals surface area contributed by atoms with E-state index < -0.39 is 24.0 Å². The van der Waals surface area contributed by atoms with Crippen LogP contribution < -0.4 is 10.6 Å². The number of aromatic nitrogens is 2. The van der Waals surface area contributed by atoms with Crippen molar-refractivity contribution in [3.63, 3.8) is 0 Å². The minimum atomic E-state index is -1.08.